The minimum absolute atomic E-state index is 0.110. The predicted octanol–water partition coefficient (Wildman–Crippen LogP) is 2.71. The highest BCUT2D eigenvalue weighted by atomic mass is 19.1. The van der Waals surface area contributed by atoms with E-state index in [9.17, 15) is 13.6 Å². The Morgan fingerprint density at radius 2 is 1.94 bits per heavy atom. The van der Waals surface area contributed by atoms with Gasteiger partial charge in [0.15, 0.2) is 5.82 Å². The predicted molar refractivity (Wildman–Crippen MR) is 67.2 cm³/mol. The summed E-state index contributed by atoms with van der Waals surface area (Å²) in [6.07, 6.45) is 0.762. The molecule has 0 fully saturated rings. The van der Waals surface area contributed by atoms with Crippen molar-refractivity contribution in [1.82, 2.24) is 5.32 Å². The molecular formula is C13H18F2N2O. The first kappa shape index (κ1) is 14.4. The van der Waals surface area contributed by atoms with E-state index in [2.05, 4.69) is 5.32 Å². The summed E-state index contributed by atoms with van der Waals surface area (Å²) in [5, 5.41) is 2.62. The van der Waals surface area contributed by atoms with E-state index in [4.69, 9.17) is 5.73 Å². The van der Waals surface area contributed by atoms with Gasteiger partial charge in [-0.05, 0) is 31.4 Å². The lowest BCUT2D eigenvalue weighted by atomic mass is 10.0. The number of carbonyl (C=O) groups excluding carboxylic acids is 1. The highest BCUT2D eigenvalue weighted by Gasteiger charge is 2.18. The van der Waals surface area contributed by atoms with Crippen LogP contribution in [0.25, 0.3) is 0 Å². The van der Waals surface area contributed by atoms with Crippen LogP contribution in [0.15, 0.2) is 12.1 Å². The first-order chi connectivity index (χ1) is 8.31. The zero-order valence-electron chi connectivity index (χ0n) is 10.8. The number of hydrogen-bond donors (Lipinski definition) is 2. The van der Waals surface area contributed by atoms with Crippen LogP contribution in [0.2, 0.25) is 0 Å². The second kappa shape index (κ2) is 5.80. The number of amides is 1. The Balaban J connectivity index is 2.85. The topological polar surface area (TPSA) is 55.1 Å². The van der Waals surface area contributed by atoms with Crippen molar-refractivity contribution in [3.63, 3.8) is 0 Å². The van der Waals surface area contributed by atoms with Crippen LogP contribution in [0.5, 0.6) is 0 Å². The molecular weight excluding hydrogens is 238 g/mol. The molecule has 0 aliphatic rings. The third-order valence-electron chi connectivity index (χ3n) is 2.51. The van der Waals surface area contributed by atoms with Gasteiger partial charge in [0.25, 0.3) is 5.91 Å². The van der Waals surface area contributed by atoms with Crippen LogP contribution in [-0.2, 0) is 0 Å². The Kier molecular flexibility index (Phi) is 4.64. The summed E-state index contributed by atoms with van der Waals surface area (Å²) < 4.78 is 26.7. The maximum absolute atomic E-state index is 13.6. The summed E-state index contributed by atoms with van der Waals surface area (Å²) in [4.78, 5) is 11.8. The Hall–Kier alpha value is -1.65. The maximum Gasteiger partial charge on any atom is 0.254 e. The number of hydrogen-bond acceptors (Lipinski definition) is 2. The lowest BCUT2D eigenvalue weighted by Gasteiger charge is -2.16. The van der Waals surface area contributed by atoms with E-state index >= 15 is 0 Å². The minimum atomic E-state index is -0.884. The average Bonchev–Trinajstić information content (AvgIpc) is 2.21. The molecule has 1 atom stereocenters. The molecule has 0 aromatic heterocycles. The van der Waals surface area contributed by atoms with Gasteiger partial charge in [-0.1, -0.05) is 13.8 Å². The monoisotopic (exact) mass is 256 g/mol. The molecule has 0 bridgehead atoms. The van der Waals surface area contributed by atoms with E-state index in [1.165, 1.54) is 0 Å². The molecule has 5 heteroatoms. The number of halogens is 2. The molecule has 1 unspecified atom stereocenters. The van der Waals surface area contributed by atoms with Crippen molar-refractivity contribution in [2.45, 2.75) is 33.2 Å². The molecule has 1 rings (SSSR count). The molecule has 0 aliphatic heterocycles. The fraction of sp³-hybridized carbons (Fsp3) is 0.462. The first-order valence-corrected chi connectivity index (χ1v) is 5.86. The number of rotatable bonds is 4. The van der Waals surface area contributed by atoms with Gasteiger partial charge in [0, 0.05) is 6.04 Å². The summed E-state index contributed by atoms with van der Waals surface area (Å²) >= 11 is 0. The Labute approximate surface area is 105 Å². The Morgan fingerprint density at radius 3 is 2.50 bits per heavy atom. The van der Waals surface area contributed by atoms with Gasteiger partial charge in [0.1, 0.15) is 5.82 Å². The average molecular weight is 256 g/mol. The summed E-state index contributed by atoms with van der Waals surface area (Å²) in [6.45, 7) is 5.85. The first-order valence-electron chi connectivity index (χ1n) is 5.86. The second-order valence-electron chi connectivity index (χ2n) is 4.86. The summed E-state index contributed by atoms with van der Waals surface area (Å²) in [5.41, 5.74) is 4.55. The number of benzene rings is 1. The molecule has 0 saturated carbocycles. The van der Waals surface area contributed by atoms with Crippen molar-refractivity contribution in [1.29, 1.82) is 0 Å². The van der Waals surface area contributed by atoms with Crippen molar-refractivity contribution >= 4 is 11.6 Å². The fourth-order valence-corrected chi connectivity index (χ4v) is 1.84. The lowest BCUT2D eigenvalue weighted by Crippen LogP contribution is -2.34. The Bertz CT molecular complexity index is 447. The van der Waals surface area contributed by atoms with Gasteiger partial charge in [-0.15, -0.1) is 0 Å². The Morgan fingerprint density at radius 1 is 1.33 bits per heavy atom. The normalized spacial score (nSPS) is 12.6. The van der Waals surface area contributed by atoms with Gasteiger partial charge >= 0.3 is 0 Å². The van der Waals surface area contributed by atoms with Crippen LogP contribution in [0.1, 0.15) is 37.6 Å². The van der Waals surface area contributed by atoms with Crippen LogP contribution >= 0.6 is 0 Å². The van der Waals surface area contributed by atoms with Crippen LogP contribution in [0.4, 0.5) is 14.5 Å². The highest BCUT2D eigenvalue weighted by Crippen LogP contribution is 2.17. The zero-order valence-corrected chi connectivity index (χ0v) is 10.8. The van der Waals surface area contributed by atoms with Crippen LogP contribution in [0.3, 0.4) is 0 Å². The van der Waals surface area contributed by atoms with Gasteiger partial charge in [0.2, 0.25) is 0 Å². The van der Waals surface area contributed by atoms with E-state index in [0.717, 1.165) is 18.6 Å². The van der Waals surface area contributed by atoms with E-state index in [1.54, 1.807) is 0 Å². The molecule has 3 nitrogen and oxygen atoms in total. The van der Waals surface area contributed by atoms with Crippen molar-refractivity contribution in [3.05, 3.63) is 29.3 Å². The van der Waals surface area contributed by atoms with E-state index in [0.29, 0.717) is 5.92 Å². The summed E-state index contributed by atoms with van der Waals surface area (Å²) in [7, 11) is 0. The molecule has 0 heterocycles. The third-order valence-corrected chi connectivity index (χ3v) is 2.51. The number of anilines is 1. The van der Waals surface area contributed by atoms with Crippen molar-refractivity contribution in [2.75, 3.05) is 5.73 Å². The quantitative estimate of drug-likeness (QED) is 0.814. The number of carbonyl (C=O) groups is 1. The van der Waals surface area contributed by atoms with Crippen molar-refractivity contribution < 1.29 is 13.6 Å². The standard InChI is InChI=1S/C13H18F2N2O/c1-7(2)4-8(3)17-13(18)10-5-9(14)6-11(16)12(10)15/h5-8H,4,16H2,1-3H3,(H,17,18). The van der Waals surface area contributed by atoms with Crippen LogP contribution < -0.4 is 11.1 Å². The van der Waals surface area contributed by atoms with E-state index in [1.807, 2.05) is 20.8 Å². The molecule has 3 N–H and O–H groups in total. The van der Waals surface area contributed by atoms with Crippen molar-refractivity contribution in [3.8, 4) is 0 Å². The molecule has 100 valence electrons. The number of nitrogen functional groups attached to an aromatic ring is 1. The zero-order chi connectivity index (χ0) is 13.9. The molecule has 0 radical (unpaired) electrons. The highest BCUT2D eigenvalue weighted by molar-refractivity contribution is 5.95. The summed E-state index contributed by atoms with van der Waals surface area (Å²) in [6, 6.07) is 1.59. The molecule has 1 amide bonds. The van der Waals surface area contributed by atoms with Gasteiger partial charge in [-0.2, -0.15) is 0 Å². The minimum Gasteiger partial charge on any atom is -0.396 e. The SMILES string of the molecule is CC(C)CC(C)NC(=O)c1cc(F)cc(N)c1F. The maximum atomic E-state index is 13.6. The molecule has 1 aromatic rings. The van der Waals surface area contributed by atoms with Gasteiger partial charge in [-0.25, -0.2) is 8.78 Å². The number of nitrogens with two attached hydrogens (primary N) is 1. The lowest BCUT2D eigenvalue weighted by molar-refractivity contribution is 0.0931. The van der Waals surface area contributed by atoms with Gasteiger partial charge in [0.05, 0.1) is 11.3 Å². The van der Waals surface area contributed by atoms with Gasteiger partial charge in [-0.3, -0.25) is 4.79 Å². The van der Waals surface area contributed by atoms with E-state index < -0.39 is 17.5 Å². The molecule has 0 spiro atoms. The fourth-order valence-electron chi connectivity index (χ4n) is 1.84. The van der Waals surface area contributed by atoms with Crippen LogP contribution in [0, 0.1) is 17.6 Å². The molecule has 1 aromatic carbocycles. The second-order valence-corrected chi connectivity index (χ2v) is 4.86. The largest absolute Gasteiger partial charge is 0.396 e. The molecule has 0 saturated heterocycles. The van der Waals surface area contributed by atoms with Crippen molar-refractivity contribution in [2.24, 2.45) is 5.92 Å². The third kappa shape index (κ3) is 3.68. The summed E-state index contributed by atoms with van der Waals surface area (Å²) in [5.74, 6) is -1.85. The number of nitrogens with one attached hydrogen (secondary N) is 1. The van der Waals surface area contributed by atoms with Crippen LogP contribution in [-0.4, -0.2) is 11.9 Å². The smallest absolute Gasteiger partial charge is 0.254 e. The molecule has 18 heavy (non-hydrogen) atoms. The molecule has 0 aliphatic carbocycles. The van der Waals surface area contributed by atoms with E-state index in [-0.39, 0.29) is 17.3 Å². The van der Waals surface area contributed by atoms with Gasteiger partial charge < -0.3 is 11.1 Å².